The third kappa shape index (κ3) is 13.1. The monoisotopic (exact) mass is 442 g/mol. The van der Waals surface area contributed by atoms with Crippen LogP contribution in [0.3, 0.4) is 0 Å². The maximum absolute atomic E-state index is 6.26. The maximum atomic E-state index is 6.26. The van der Waals surface area contributed by atoms with Gasteiger partial charge in [-0.3, -0.25) is 0 Å². The second-order valence-electron chi connectivity index (χ2n) is 10.8. The summed E-state index contributed by atoms with van der Waals surface area (Å²) in [7, 11) is -1.64. The molecule has 176 valence electrons. The second kappa shape index (κ2) is 14.8. The van der Waals surface area contributed by atoms with Crippen molar-refractivity contribution < 1.29 is 4.43 Å². The first-order valence-corrected chi connectivity index (χ1v) is 15.5. The van der Waals surface area contributed by atoms with Crippen LogP contribution in [0, 0.1) is 0 Å². The summed E-state index contributed by atoms with van der Waals surface area (Å²) < 4.78 is 6.26. The SMILES string of the molecule is CC(=C/CO[Si](C)(C)C(C)(C)C)/C=C(\C)CCCCCCCCCCc1ccccc1. The lowest BCUT2D eigenvalue weighted by Crippen LogP contribution is -2.40. The molecule has 0 saturated carbocycles. The molecule has 0 amide bonds. The van der Waals surface area contributed by atoms with E-state index in [-0.39, 0.29) is 5.04 Å². The van der Waals surface area contributed by atoms with Crippen molar-refractivity contribution in [2.24, 2.45) is 0 Å². The quantitative estimate of drug-likeness (QED) is 0.149. The van der Waals surface area contributed by atoms with E-state index in [4.69, 9.17) is 4.43 Å². The van der Waals surface area contributed by atoms with Crippen LogP contribution in [-0.2, 0) is 10.8 Å². The topological polar surface area (TPSA) is 9.23 Å². The van der Waals surface area contributed by atoms with Gasteiger partial charge in [0.15, 0.2) is 8.32 Å². The minimum absolute atomic E-state index is 0.280. The lowest BCUT2D eigenvalue weighted by Gasteiger charge is -2.35. The third-order valence-electron chi connectivity index (χ3n) is 6.76. The molecule has 1 rings (SSSR count). The summed E-state index contributed by atoms with van der Waals surface area (Å²) in [6.45, 7) is 16.8. The molecule has 0 unspecified atom stereocenters. The Labute approximate surface area is 195 Å². The molecule has 0 atom stereocenters. The molecule has 0 spiro atoms. The molecule has 1 aromatic rings. The Morgan fingerprint density at radius 1 is 0.839 bits per heavy atom. The van der Waals surface area contributed by atoms with Crippen molar-refractivity contribution in [3.8, 4) is 0 Å². The van der Waals surface area contributed by atoms with E-state index in [1.807, 2.05) is 0 Å². The molecule has 0 fully saturated rings. The number of aryl methyl sites for hydroxylation is 1. The number of hydrogen-bond donors (Lipinski definition) is 0. The Hall–Kier alpha value is -1.12. The van der Waals surface area contributed by atoms with Crippen LogP contribution in [-0.4, -0.2) is 14.9 Å². The van der Waals surface area contributed by atoms with E-state index < -0.39 is 8.32 Å². The van der Waals surface area contributed by atoms with Crippen molar-refractivity contribution >= 4 is 8.32 Å². The van der Waals surface area contributed by atoms with E-state index in [0.717, 1.165) is 6.61 Å². The first-order chi connectivity index (χ1) is 14.6. The van der Waals surface area contributed by atoms with E-state index in [2.05, 4.69) is 90.2 Å². The van der Waals surface area contributed by atoms with Gasteiger partial charge in [-0.15, -0.1) is 0 Å². The average molecular weight is 443 g/mol. The van der Waals surface area contributed by atoms with Gasteiger partial charge in [-0.05, 0) is 63.2 Å². The van der Waals surface area contributed by atoms with Crippen molar-refractivity contribution in [2.75, 3.05) is 6.61 Å². The molecule has 0 aromatic heterocycles. The summed E-state index contributed by atoms with van der Waals surface area (Å²) in [6.07, 6.45) is 18.1. The van der Waals surface area contributed by atoms with Crippen molar-refractivity contribution in [3.63, 3.8) is 0 Å². The number of hydrogen-bond acceptors (Lipinski definition) is 1. The van der Waals surface area contributed by atoms with E-state index >= 15 is 0 Å². The molecule has 31 heavy (non-hydrogen) atoms. The third-order valence-corrected chi connectivity index (χ3v) is 11.3. The zero-order valence-electron chi connectivity index (χ0n) is 21.7. The summed E-state index contributed by atoms with van der Waals surface area (Å²) in [5.41, 5.74) is 4.33. The number of allylic oxidation sites excluding steroid dienone is 3. The van der Waals surface area contributed by atoms with Crippen molar-refractivity contribution in [3.05, 3.63) is 59.2 Å². The molecular formula is C29H50OSi. The number of unbranched alkanes of at least 4 members (excludes halogenated alkanes) is 7. The molecule has 0 radical (unpaired) electrons. The number of benzene rings is 1. The normalized spacial score (nSPS) is 13.6. The van der Waals surface area contributed by atoms with Gasteiger partial charge in [0.25, 0.3) is 0 Å². The van der Waals surface area contributed by atoms with Gasteiger partial charge in [0, 0.05) is 0 Å². The first-order valence-electron chi connectivity index (χ1n) is 12.6. The van der Waals surface area contributed by atoms with Crippen molar-refractivity contribution in [1.29, 1.82) is 0 Å². The zero-order valence-corrected chi connectivity index (χ0v) is 22.7. The van der Waals surface area contributed by atoms with Crippen LogP contribution >= 0.6 is 0 Å². The van der Waals surface area contributed by atoms with Gasteiger partial charge in [0.2, 0.25) is 0 Å². The van der Waals surface area contributed by atoms with E-state index in [1.165, 1.54) is 80.9 Å². The van der Waals surface area contributed by atoms with Gasteiger partial charge in [-0.1, -0.05) is 113 Å². The smallest absolute Gasteiger partial charge is 0.192 e. The Morgan fingerprint density at radius 3 is 1.97 bits per heavy atom. The standard InChI is InChI=1S/C29H50OSi/c1-26(25-27(2)23-24-30-31(6,7)29(3,4)5)19-15-12-10-8-9-11-13-16-20-28-21-17-14-18-22-28/h14,17-18,21-23,25H,8-13,15-16,19-20,24H2,1-7H3/b26-25+,27-23-. The zero-order chi connectivity index (χ0) is 23.2. The van der Waals surface area contributed by atoms with Gasteiger partial charge in [-0.25, -0.2) is 0 Å². The highest BCUT2D eigenvalue weighted by Gasteiger charge is 2.36. The fourth-order valence-corrected chi connectivity index (χ4v) is 4.49. The highest BCUT2D eigenvalue weighted by atomic mass is 28.4. The Morgan fingerprint density at radius 2 is 1.39 bits per heavy atom. The Bertz CT molecular complexity index is 649. The molecule has 1 aromatic carbocycles. The van der Waals surface area contributed by atoms with Crippen LogP contribution in [0.4, 0.5) is 0 Å². The highest BCUT2D eigenvalue weighted by molar-refractivity contribution is 6.74. The lowest BCUT2D eigenvalue weighted by atomic mass is 10.0. The molecule has 2 heteroatoms. The molecule has 1 nitrogen and oxygen atoms in total. The van der Waals surface area contributed by atoms with Gasteiger partial charge in [0.1, 0.15) is 0 Å². The lowest BCUT2D eigenvalue weighted by molar-refractivity contribution is 0.327. The summed E-state index contributed by atoms with van der Waals surface area (Å²) in [6, 6.07) is 10.9. The summed E-state index contributed by atoms with van der Waals surface area (Å²) in [5.74, 6) is 0. The van der Waals surface area contributed by atoms with Crippen LogP contribution in [0.2, 0.25) is 18.1 Å². The molecule has 0 aliphatic heterocycles. The summed E-state index contributed by atoms with van der Waals surface area (Å²) in [5, 5.41) is 0.280. The Kier molecular flexibility index (Phi) is 13.4. The summed E-state index contributed by atoms with van der Waals surface area (Å²) in [4.78, 5) is 0. The molecule has 0 saturated heterocycles. The predicted octanol–water partition coefficient (Wildman–Crippen LogP) is 9.65. The minimum atomic E-state index is -1.64. The molecular weight excluding hydrogens is 392 g/mol. The predicted molar refractivity (Wildman–Crippen MR) is 142 cm³/mol. The van der Waals surface area contributed by atoms with Crippen LogP contribution in [0.1, 0.15) is 98.0 Å². The van der Waals surface area contributed by atoms with E-state index in [0.29, 0.717) is 0 Å². The van der Waals surface area contributed by atoms with E-state index in [1.54, 1.807) is 0 Å². The maximum Gasteiger partial charge on any atom is 0.192 e. The highest BCUT2D eigenvalue weighted by Crippen LogP contribution is 2.36. The fraction of sp³-hybridized carbons (Fsp3) is 0.655. The fourth-order valence-electron chi connectivity index (χ4n) is 3.56. The summed E-state index contributed by atoms with van der Waals surface area (Å²) >= 11 is 0. The van der Waals surface area contributed by atoms with Crippen LogP contribution in [0.25, 0.3) is 0 Å². The molecule has 0 heterocycles. The first kappa shape index (κ1) is 27.9. The van der Waals surface area contributed by atoms with Gasteiger partial charge in [-0.2, -0.15) is 0 Å². The number of rotatable bonds is 15. The van der Waals surface area contributed by atoms with Crippen LogP contribution in [0.15, 0.2) is 53.6 Å². The molecule has 0 aliphatic carbocycles. The van der Waals surface area contributed by atoms with Gasteiger partial charge < -0.3 is 4.43 Å². The van der Waals surface area contributed by atoms with Crippen molar-refractivity contribution in [2.45, 2.75) is 117 Å². The largest absolute Gasteiger partial charge is 0.413 e. The minimum Gasteiger partial charge on any atom is -0.413 e. The van der Waals surface area contributed by atoms with Crippen LogP contribution in [0.5, 0.6) is 0 Å². The van der Waals surface area contributed by atoms with Gasteiger partial charge >= 0.3 is 0 Å². The van der Waals surface area contributed by atoms with E-state index in [9.17, 15) is 0 Å². The second-order valence-corrected chi connectivity index (χ2v) is 15.6. The molecule has 0 bridgehead atoms. The average Bonchev–Trinajstić information content (AvgIpc) is 2.69. The van der Waals surface area contributed by atoms with Gasteiger partial charge in [0.05, 0.1) is 6.61 Å². The van der Waals surface area contributed by atoms with Crippen molar-refractivity contribution in [1.82, 2.24) is 0 Å². The molecule has 0 N–H and O–H groups in total. The molecule has 0 aliphatic rings. The van der Waals surface area contributed by atoms with Crippen LogP contribution < -0.4 is 0 Å². The Balaban J connectivity index is 2.06.